The van der Waals surface area contributed by atoms with Gasteiger partial charge >= 0.3 is 0 Å². The SMILES string of the molecule is Cc1ccc(C(=O)NC(CO)CC(C)C)cc1NC(=O)c1ccco1. The molecule has 0 aliphatic heterocycles. The molecule has 1 atom stereocenters. The second-order valence-corrected chi connectivity index (χ2v) is 6.44. The molecule has 2 rings (SSSR count). The number of anilines is 1. The van der Waals surface area contributed by atoms with Crippen molar-refractivity contribution in [3.8, 4) is 0 Å². The van der Waals surface area contributed by atoms with Crippen molar-refractivity contribution >= 4 is 17.5 Å². The third-order valence-electron chi connectivity index (χ3n) is 3.80. The van der Waals surface area contributed by atoms with Crippen LogP contribution in [0, 0.1) is 12.8 Å². The first-order chi connectivity index (χ1) is 11.9. The fourth-order valence-corrected chi connectivity index (χ4v) is 2.51. The highest BCUT2D eigenvalue weighted by atomic mass is 16.3. The van der Waals surface area contributed by atoms with Crippen LogP contribution in [0.15, 0.2) is 41.0 Å². The smallest absolute Gasteiger partial charge is 0.291 e. The molecule has 6 nitrogen and oxygen atoms in total. The van der Waals surface area contributed by atoms with Gasteiger partial charge in [-0.05, 0) is 49.1 Å². The lowest BCUT2D eigenvalue weighted by Crippen LogP contribution is -2.38. The Kier molecular flexibility index (Phi) is 6.36. The van der Waals surface area contributed by atoms with Gasteiger partial charge < -0.3 is 20.2 Å². The van der Waals surface area contributed by atoms with Gasteiger partial charge in [0.1, 0.15) is 0 Å². The largest absolute Gasteiger partial charge is 0.459 e. The summed E-state index contributed by atoms with van der Waals surface area (Å²) in [7, 11) is 0. The van der Waals surface area contributed by atoms with Crippen LogP contribution < -0.4 is 10.6 Å². The zero-order valence-corrected chi connectivity index (χ0v) is 14.7. The van der Waals surface area contributed by atoms with Gasteiger partial charge in [-0.3, -0.25) is 9.59 Å². The molecule has 2 amide bonds. The summed E-state index contributed by atoms with van der Waals surface area (Å²) in [4.78, 5) is 24.5. The zero-order valence-electron chi connectivity index (χ0n) is 14.7. The molecule has 1 aromatic carbocycles. The molecule has 0 aliphatic rings. The molecule has 0 saturated heterocycles. The second kappa shape index (κ2) is 8.48. The van der Waals surface area contributed by atoms with Crippen LogP contribution in [0.1, 0.15) is 46.7 Å². The van der Waals surface area contributed by atoms with Gasteiger partial charge in [-0.2, -0.15) is 0 Å². The molecule has 1 heterocycles. The first kappa shape index (κ1) is 18.7. The van der Waals surface area contributed by atoms with E-state index in [9.17, 15) is 14.7 Å². The van der Waals surface area contributed by atoms with Crippen LogP contribution in [-0.2, 0) is 0 Å². The van der Waals surface area contributed by atoms with Gasteiger partial charge in [-0.1, -0.05) is 19.9 Å². The van der Waals surface area contributed by atoms with Crippen LogP contribution in [0.4, 0.5) is 5.69 Å². The van der Waals surface area contributed by atoms with E-state index in [2.05, 4.69) is 10.6 Å². The molecule has 0 radical (unpaired) electrons. The van der Waals surface area contributed by atoms with Crippen LogP contribution in [0.3, 0.4) is 0 Å². The topological polar surface area (TPSA) is 91.6 Å². The van der Waals surface area contributed by atoms with E-state index in [-0.39, 0.29) is 30.2 Å². The minimum Gasteiger partial charge on any atom is -0.459 e. The number of nitrogens with one attached hydrogen (secondary N) is 2. The quantitative estimate of drug-likeness (QED) is 0.720. The highest BCUT2D eigenvalue weighted by molar-refractivity contribution is 6.03. The Morgan fingerprint density at radius 2 is 1.96 bits per heavy atom. The molecule has 2 aromatic rings. The molecular weight excluding hydrogens is 320 g/mol. The summed E-state index contributed by atoms with van der Waals surface area (Å²) >= 11 is 0. The number of rotatable bonds is 7. The van der Waals surface area contributed by atoms with E-state index in [0.717, 1.165) is 5.56 Å². The Morgan fingerprint density at radius 1 is 1.20 bits per heavy atom. The lowest BCUT2D eigenvalue weighted by Gasteiger charge is -2.18. The molecule has 0 spiro atoms. The van der Waals surface area contributed by atoms with E-state index in [1.165, 1.54) is 6.26 Å². The van der Waals surface area contributed by atoms with Crippen LogP contribution in [0.25, 0.3) is 0 Å². The number of carbonyl (C=O) groups is 2. The van der Waals surface area contributed by atoms with Crippen molar-refractivity contribution in [2.24, 2.45) is 5.92 Å². The van der Waals surface area contributed by atoms with Crippen molar-refractivity contribution in [1.82, 2.24) is 5.32 Å². The standard InChI is InChI=1S/C19H24N2O4/c1-12(2)9-15(11-22)20-18(23)14-7-6-13(3)16(10-14)21-19(24)17-5-4-8-25-17/h4-8,10,12,15,22H,9,11H2,1-3H3,(H,20,23)(H,21,24). The maximum atomic E-state index is 12.4. The van der Waals surface area contributed by atoms with Crippen molar-refractivity contribution < 1.29 is 19.1 Å². The molecule has 1 unspecified atom stereocenters. The third-order valence-corrected chi connectivity index (χ3v) is 3.80. The maximum absolute atomic E-state index is 12.4. The normalized spacial score (nSPS) is 12.0. The third kappa shape index (κ3) is 5.19. The molecule has 0 aliphatic carbocycles. The number of aryl methyl sites for hydroxylation is 1. The van der Waals surface area contributed by atoms with Crippen LogP contribution in [0.2, 0.25) is 0 Å². The van der Waals surface area contributed by atoms with Gasteiger partial charge in [0.15, 0.2) is 5.76 Å². The Bertz CT molecular complexity index is 723. The molecule has 25 heavy (non-hydrogen) atoms. The predicted molar refractivity (Wildman–Crippen MR) is 95.6 cm³/mol. The molecule has 6 heteroatoms. The number of furan rings is 1. The summed E-state index contributed by atoms with van der Waals surface area (Å²) in [6.45, 7) is 5.79. The van der Waals surface area contributed by atoms with Gasteiger partial charge in [-0.15, -0.1) is 0 Å². The summed E-state index contributed by atoms with van der Waals surface area (Å²) in [6, 6.07) is 7.99. The zero-order chi connectivity index (χ0) is 18.4. The number of aliphatic hydroxyl groups excluding tert-OH is 1. The van der Waals surface area contributed by atoms with E-state index in [4.69, 9.17) is 4.42 Å². The first-order valence-corrected chi connectivity index (χ1v) is 8.28. The molecule has 0 bridgehead atoms. The first-order valence-electron chi connectivity index (χ1n) is 8.28. The van der Waals surface area contributed by atoms with Gasteiger partial charge in [0.2, 0.25) is 0 Å². The summed E-state index contributed by atoms with van der Waals surface area (Å²) in [5.74, 6) is -0.1000. The lowest BCUT2D eigenvalue weighted by molar-refractivity contribution is 0.0907. The van der Waals surface area contributed by atoms with Gasteiger partial charge in [0, 0.05) is 11.3 Å². The molecule has 0 fully saturated rings. The summed E-state index contributed by atoms with van der Waals surface area (Å²) in [5, 5.41) is 15.0. The molecule has 0 saturated carbocycles. The number of hydrogen-bond acceptors (Lipinski definition) is 4. The van der Waals surface area contributed by atoms with Crippen molar-refractivity contribution in [2.75, 3.05) is 11.9 Å². The van der Waals surface area contributed by atoms with E-state index < -0.39 is 0 Å². The van der Waals surface area contributed by atoms with Crippen molar-refractivity contribution in [3.05, 3.63) is 53.5 Å². The number of benzene rings is 1. The van der Waals surface area contributed by atoms with E-state index in [0.29, 0.717) is 23.6 Å². The fourth-order valence-electron chi connectivity index (χ4n) is 2.51. The Labute approximate surface area is 147 Å². The number of hydrogen-bond donors (Lipinski definition) is 3. The minimum absolute atomic E-state index is 0.113. The summed E-state index contributed by atoms with van der Waals surface area (Å²) in [6.07, 6.45) is 2.12. The summed E-state index contributed by atoms with van der Waals surface area (Å²) < 4.78 is 5.07. The van der Waals surface area contributed by atoms with Gasteiger partial charge in [0.25, 0.3) is 11.8 Å². The summed E-state index contributed by atoms with van der Waals surface area (Å²) in [5.41, 5.74) is 1.79. The Morgan fingerprint density at radius 3 is 2.56 bits per heavy atom. The Balaban J connectivity index is 2.12. The second-order valence-electron chi connectivity index (χ2n) is 6.44. The van der Waals surface area contributed by atoms with Crippen LogP contribution >= 0.6 is 0 Å². The average Bonchev–Trinajstić information content (AvgIpc) is 3.10. The van der Waals surface area contributed by atoms with Crippen molar-refractivity contribution in [2.45, 2.75) is 33.2 Å². The molecular formula is C19H24N2O4. The lowest BCUT2D eigenvalue weighted by atomic mass is 10.0. The van der Waals surface area contributed by atoms with Crippen molar-refractivity contribution in [1.29, 1.82) is 0 Å². The van der Waals surface area contributed by atoms with Gasteiger partial charge in [0.05, 0.1) is 18.9 Å². The highest BCUT2D eigenvalue weighted by Gasteiger charge is 2.16. The number of aliphatic hydroxyl groups is 1. The van der Waals surface area contributed by atoms with Gasteiger partial charge in [-0.25, -0.2) is 0 Å². The van der Waals surface area contributed by atoms with Crippen molar-refractivity contribution in [3.63, 3.8) is 0 Å². The predicted octanol–water partition coefficient (Wildman–Crippen LogP) is 2.98. The number of amides is 2. The number of carbonyl (C=O) groups excluding carboxylic acids is 2. The van der Waals surface area contributed by atoms with E-state index in [1.54, 1.807) is 30.3 Å². The molecule has 1 aromatic heterocycles. The monoisotopic (exact) mass is 344 g/mol. The highest BCUT2D eigenvalue weighted by Crippen LogP contribution is 2.18. The van der Waals surface area contributed by atoms with E-state index in [1.807, 2.05) is 20.8 Å². The van der Waals surface area contributed by atoms with Crippen LogP contribution in [-0.4, -0.2) is 29.6 Å². The van der Waals surface area contributed by atoms with Crippen LogP contribution in [0.5, 0.6) is 0 Å². The fraction of sp³-hybridized carbons (Fsp3) is 0.368. The van der Waals surface area contributed by atoms with E-state index >= 15 is 0 Å². The minimum atomic E-state index is -0.376. The average molecular weight is 344 g/mol. The maximum Gasteiger partial charge on any atom is 0.291 e. The molecule has 3 N–H and O–H groups in total. The molecule has 134 valence electrons. The Hall–Kier alpha value is -2.60.